The molecule has 1 aromatic heterocycles. The van der Waals surface area contributed by atoms with Crippen LogP contribution >= 0.6 is 17.1 Å². The maximum atomic E-state index is 11.9. The predicted octanol–water partition coefficient (Wildman–Crippen LogP) is -1.20. The van der Waals surface area contributed by atoms with E-state index in [4.69, 9.17) is 26.8 Å². The molecule has 3 heterocycles. The molecule has 0 aromatic carbocycles. The Kier molecular flexibility index (Phi) is 3.66. The lowest BCUT2D eigenvalue weighted by molar-refractivity contribution is -0.178. The zero-order valence-corrected chi connectivity index (χ0v) is 12.5. The minimum Gasteiger partial charge on any atom is -0.793 e. The van der Waals surface area contributed by atoms with Crippen molar-refractivity contribution in [3.8, 4) is 0 Å². The van der Waals surface area contributed by atoms with Crippen molar-refractivity contribution in [2.24, 2.45) is 0 Å². The summed E-state index contributed by atoms with van der Waals surface area (Å²) in [4.78, 5) is 27.4. The largest absolute Gasteiger partial charge is 0.793 e. The normalized spacial score (nSPS) is 39.9. The lowest BCUT2D eigenvalue weighted by Gasteiger charge is -2.25. The van der Waals surface area contributed by atoms with Gasteiger partial charge in [-0.15, -0.1) is 11.4 Å². The molecule has 11 heteroatoms. The Hall–Kier alpha value is -0.480. The monoisotopic (exact) mass is 336 g/mol. The zero-order valence-electron chi connectivity index (χ0n) is 9.99. The third-order valence-electron chi connectivity index (χ3n) is 3.09. The van der Waals surface area contributed by atoms with Crippen LogP contribution in [0.5, 0.6) is 0 Å². The molecular weight excluding hydrogens is 325 g/mol. The van der Waals surface area contributed by atoms with Crippen LogP contribution in [0, 0.1) is 0 Å². The summed E-state index contributed by atoms with van der Waals surface area (Å²) in [5.74, 6) is 0.101. The topological polar surface area (TPSA) is 123 Å². The fourth-order valence-electron chi connectivity index (χ4n) is 2.26. The lowest BCUT2D eigenvalue weighted by Crippen LogP contribution is -2.32. The Balaban J connectivity index is 1.98. The van der Waals surface area contributed by atoms with Gasteiger partial charge in [0.15, 0.2) is 6.23 Å². The molecule has 3 N–H and O–H groups in total. The van der Waals surface area contributed by atoms with Crippen molar-refractivity contribution in [3.05, 3.63) is 22.7 Å². The van der Waals surface area contributed by atoms with Gasteiger partial charge in [0.2, 0.25) is 0 Å². The number of nitrogens with zero attached hydrogens (tertiary/aromatic N) is 2. The molecule has 2 fully saturated rings. The Morgan fingerprint density at radius 1 is 1.70 bits per heavy atom. The van der Waals surface area contributed by atoms with Crippen molar-refractivity contribution in [1.29, 1.82) is 0 Å². The fourth-order valence-corrected chi connectivity index (χ4v) is 7.11. The minimum absolute atomic E-state index is 0.101. The Labute approximate surface area is 122 Å². The van der Waals surface area contributed by atoms with Crippen LogP contribution in [0.4, 0.5) is 5.82 Å². The van der Waals surface area contributed by atoms with Crippen LogP contribution in [-0.2, 0) is 21.1 Å². The zero-order chi connectivity index (χ0) is 14.5. The van der Waals surface area contributed by atoms with Gasteiger partial charge in [-0.2, -0.15) is 4.98 Å². The first-order valence-electron chi connectivity index (χ1n) is 5.70. The van der Waals surface area contributed by atoms with Crippen molar-refractivity contribution >= 4 is 34.7 Å². The smallest absolute Gasteiger partial charge is 0.351 e. The highest BCUT2D eigenvalue weighted by atomic mass is 32.9. The van der Waals surface area contributed by atoms with E-state index in [1.165, 1.54) is 16.8 Å². The number of anilines is 1. The lowest BCUT2D eigenvalue weighted by atomic mass is 10.2. The molecule has 5 atom stereocenters. The number of aliphatic hydroxyl groups excluding tert-OH is 1. The van der Waals surface area contributed by atoms with Gasteiger partial charge in [0.25, 0.3) is 0 Å². The van der Waals surface area contributed by atoms with E-state index in [9.17, 15) is 14.8 Å². The third-order valence-corrected chi connectivity index (χ3v) is 7.39. The van der Waals surface area contributed by atoms with Crippen molar-refractivity contribution in [3.63, 3.8) is 0 Å². The van der Waals surface area contributed by atoms with E-state index >= 15 is 0 Å². The SMILES string of the molecule is Nc1ccn([C@@H]2O[C@H](CO)[C@H]3OP([O-])(=S)S[C@H]32)c(=O)n1. The second-order valence-corrected chi connectivity index (χ2v) is 10.4. The van der Waals surface area contributed by atoms with Gasteiger partial charge >= 0.3 is 5.69 Å². The molecule has 8 nitrogen and oxygen atoms in total. The summed E-state index contributed by atoms with van der Waals surface area (Å²) in [6.07, 6.45) is -0.593. The van der Waals surface area contributed by atoms with Crippen LogP contribution in [0.1, 0.15) is 6.23 Å². The van der Waals surface area contributed by atoms with Crippen molar-refractivity contribution in [1.82, 2.24) is 9.55 Å². The highest BCUT2D eigenvalue weighted by Crippen LogP contribution is 2.66. The number of rotatable bonds is 2. The van der Waals surface area contributed by atoms with E-state index < -0.39 is 35.1 Å². The average Bonchev–Trinajstić information content (AvgIpc) is 2.83. The summed E-state index contributed by atoms with van der Waals surface area (Å²) >= 11 is 5.82. The molecule has 1 unspecified atom stereocenters. The van der Waals surface area contributed by atoms with E-state index in [2.05, 4.69) is 4.98 Å². The molecule has 3 rings (SSSR count). The molecule has 2 aliphatic rings. The third kappa shape index (κ3) is 2.41. The van der Waals surface area contributed by atoms with Crippen LogP contribution in [0.25, 0.3) is 0 Å². The van der Waals surface area contributed by atoms with Gasteiger partial charge in [-0.1, -0.05) is 11.8 Å². The van der Waals surface area contributed by atoms with E-state index in [0.29, 0.717) is 0 Å². The Morgan fingerprint density at radius 2 is 2.45 bits per heavy atom. The highest BCUT2D eigenvalue weighted by molar-refractivity contribution is 8.67. The number of nitrogen functional groups attached to an aromatic ring is 1. The van der Waals surface area contributed by atoms with E-state index in [-0.39, 0.29) is 12.4 Å². The molecule has 0 saturated carbocycles. The number of nitrogens with two attached hydrogens (primary N) is 1. The van der Waals surface area contributed by atoms with Gasteiger partial charge < -0.3 is 25.0 Å². The van der Waals surface area contributed by atoms with Gasteiger partial charge in [0.05, 0.1) is 11.9 Å². The maximum absolute atomic E-state index is 11.9. The molecule has 110 valence electrons. The molecule has 0 bridgehead atoms. The quantitative estimate of drug-likeness (QED) is 0.641. The standard InChI is InChI=1S/C9H12N3O5PS2/c10-5-1-2-12(9(14)11-5)8-7-6(4(3-13)16-8)17-18(15,19)20-7/h1-2,4,6-8,13H,3H2,(H,15,19)(H2,10,11,14)/p-1/t4-,6-,7-,8-,18?/m1/s1. The van der Waals surface area contributed by atoms with Gasteiger partial charge in [-0.25, -0.2) is 4.79 Å². The Morgan fingerprint density at radius 3 is 3.10 bits per heavy atom. The second-order valence-electron chi connectivity index (χ2n) is 4.38. The molecule has 1 aromatic rings. The summed E-state index contributed by atoms with van der Waals surface area (Å²) in [6.45, 7) is -0.315. The molecule has 0 amide bonds. The minimum atomic E-state index is -3.21. The first-order chi connectivity index (χ1) is 9.41. The second kappa shape index (κ2) is 5.06. The van der Waals surface area contributed by atoms with Gasteiger partial charge in [-0.05, 0) is 6.07 Å². The van der Waals surface area contributed by atoms with Gasteiger partial charge in [0, 0.05) is 11.9 Å². The van der Waals surface area contributed by atoms with E-state index in [0.717, 1.165) is 11.4 Å². The summed E-state index contributed by atoms with van der Waals surface area (Å²) in [5, 5.41) is 8.87. The molecule has 0 aliphatic carbocycles. The molecular formula is C9H11N3O5PS2-. The van der Waals surface area contributed by atoms with E-state index in [1.54, 1.807) is 0 Å². The first-order valence-corrected chi connectivity index (χ1v) is 9.82. The van der Waals surface area contributed by atoms with Gasteiger partial charge in [0.1, 0.15) is 18.0 Å². The number of aromatic nitrogens is 2. The first kappa shape index (κ1) is 14.5. The van der Waals surface area contributed by atoms with Gasteiger partial charge in [-0.3, -0.25) is 4.57 Å². The van der Waals surface area contributed by atoms with Crippen LogP contribution < -0.4 is 16.3 Å². The summed E-state index contributed by atoms with van der Waals surface area (Å²) in [6, 6.07) is 1.46. The van der Waals surface area contributed by atoms with E-state index in [1.807, 2.05) is 0 Å². The molecule has 2 saturated heterocycles. The number of fused-ring (bicyclic) bond motifs is 1. The van der Waals surface area contributed by atoms with Crippen molar-refractivity contribution < 1.29 is 19.3 Å². The number of hydrogen-bond acceptors (Lipinski definition) is 9. The number of aliphatic hydroxyl groups is 1. The summed E-state index contributed by atoms with van der Waals surface area (Å²) in [7, 11) is 0. The van der Waals surface area contributed by atoms with Crippen LogP contribution in [-0.4, -0.2) is 38.7 Å². The Bertz CT molecular complexity index is 640. The fraction of sp³-hybridized carbons (Fsp3) is 0.556. The van der Waals surface area contributed by atoms with Crippen molar-refractivity contribution in [2.75, 3.05) is 12.3 Å². The number of hydrogen-bond donors (Lipinski definition) is 2. The summed E-state index contributed by atoms with van der Waals surface area (Å²) in [5.41, 5.74) is 1.64. The highest BCUT2D eigenvalue weighted by Gasteiger charge is 2.52. The number of ether oxygens (including phenoxy) is 1. The molecule has 0 radical (unpaired) electrons. The average molecular weight is 336 g/mol. The summed E-state index contributed by atoms with van der Waals surface area (Å²) < 4.78 is 12.1. The molecule has 0 spiro atoms. The van der Waals surface area contributed by atoms with Crippen molar-refractivity contribution in [2.45, 2.75) is 23.7 Å². The predicted molar refractivity (Wildman–Crippen MR) is 74.4 cm³/mol. The van der Waals surface area contributed by atoms with Crippen LogP contribution in [0.3, 0.4) is 0 Å². The maximum Gasteiger partial charge on any atom is 0.351 e. The molecule has 20 heavy (non-hydrogen) atoms. The van der Waals surface area contributed by atoms with Crippen LogP contribution in [0.15, 0.2) is 17.1 Å². The molecule has 2 aliphatic heterocycles. The van der Waals surface area contributed by atoms with Crippen LogP contribution in [0.2, 0.25) is 0 Å².